The normalized spacial score (nSPS) is 42.6. The Labute approximate surface area is 90.7 Å². The molecule has 2 aliphatic carbocycles. The molecular weight excluding hydrogens is 192 g/mol. The molecule has 3 heteroatoms. The van der Waals surface area contributed by atoms with Crippen LogP contribution in [0.25, 0.3) is 0 Å². The van der Waals surface area contributed by atoms with Crippen molar-refractivity contribution in [2.75, 3.05) is 7.11 Å². The quantitative estimate of drug-likeness (QED) is 0.515. The number of methoxy groups -OCH3 is 1. The van der Waals surface area contributed by atoms with E-state index >= 15 is 0 Å². The highest BCUT2D eigenvalue weighted by molar-refractivity contribution is 5.11. The first-order chi connectivity index (χ1) is 7.22. The summed E-state index contributed by atoms with van der Waals surface area (Å²) in [5, 5.41) is 0. The summed E-state index contributed by atoms with van der Waals surface area (Å²) < 4.78 is 16.9. The van der Waals surface area contributed by atoms with Crippen molar-refractivity contribution in [1.29, 1.82) is 0 Å². The highest BCUT2D eigenvalue weighted by atomic mass is 16.7. The lowest BCUT2D eigenvalue weighted by molar-refractivity contribution is -0.281. The Kier molecular flexibility index (Phi) is 2.51. The summed E-state index contributed by atoms with van der Waals surface area (Å²) in [7, 11) is 1.67. The number of ether oxygens (including phenoxy) is 3. The van der Waals surface area contributed by atoms with Crippen LogP contribution in [-0.2, 0) is 14.2 Å². The zero-order valence-corrected chi connectivity index (χ0v) is 9.20. The summed E-state index contributed by atoms with van der Waals surface area (Å²) in [6.07, 6.45) is 6.95. The molecule has 0 spiro atoms. The van der Waals surface area contributed by atoms with E-state index < -0.39 is 5.79 Å². The molecule has 0 aromatic carbocycles. The summed E-state index contributed by atoms with van der Waals surface area (Å²) in [4.78, 5) is 0. The van der Waals surface area contributed by atoms with Crippen LogP contribution in [0, 0.1) is 5.92 Å². The highest BCUT2D eigenvalue weighted by Gasteiger charge is 2.66. The third-order valence-electron chi connectivity index (χ3n) is 3.74. The summed E-state index contributed by atoms with van der Waals surface area (Å²) in [6, 6.07) is 0. The largest absolute Gasteiger partial charge is 0.489 e. The van der Waals surface area contributed by atoms with Crippen LogP contribution < -0.4 is 0 Å². The summed E-state index contributed by atoms with van der Waals surface area (Å²) in [6.45, 7) is 7.24. The lowest BCUT2D eigenvalue weighted by Gasteiger charge is -2.43. The van der Waals surface area contributed by atoms with Gasteiger partial charge in [0.25, 0.3) is 0 Å². The van der Waals surface area contributed by atoms with E-state index in [1.54, 1.807) is 7.11 Å². The third-order valence-corrected chi connectivity index (χ3v) is 3.74. The van der Waals surface area contributed by atoms with Gasteiger partial charge in [-0.1, -0.05) is 13.2 Å². The summed E-state index contributed by atoms with van der Waals surface area (Å²) >= 11 is 0. The zero-order chi connectivity index (χ0) is 10.9. The Morgan fingerprint density at radius 2 is 1.93 bits per heavy atom. The van der Waals surface area contributed by atoms with E-state index in [0.29, 0.717) is 5.92 Å². The van der Waals surface area contributed by atoms with Crippen LogP contribution in [0.3, 0.4) is 0 Å². The van der Waals surface area contributed by atoms with E-state index in [2.05, 4.69) is 13.2 Å². The van der Waals surface area contributed by atoms with Gasteiger partial charge in [0.05, 0.1) is 12.5 Å². The second-order valence-corrected chi connectivity index (χ2v) is 4.33. The minimum Gasteiger partial charge on any atom is -0.489 e. The molecule has 2 rings (SSSR count). The second kappa shape index (κ2) is 3.56. The van der Waals surface area contributed by atoms with Crippen molar-refractivity contribution in [3.8, 4) is 0 Å². The van der Waals surface area contributed by atoms with E-state index in [1.807, 2.05) is 0 Å². The predicted octanol–water partition coefficient (Wildman–Crippen LogP) is 2.59. The van der Waals surface area contributed by atoms with Gasteiger partial charge in [0.15, 0.2) is 5.60 Å². The van der Waals surface area contributed by atoms with Crippen molar-refractivity contribution < 1.29 is 14.2 Å². The molecule has 0 amide bonds. The maximum Gasteiger partial charge on any atom is 0.249 e. The van der Waals surface area contributed by atoms with Gasteiger partial charge in [-0.3, -0.25) is 0 Å². The molecule has 15 heavy (non-hydrogen) atoms. The minimum atomic E-state index is -0.661. The molecule has 0 heterocycles. The average molecular weight is 210 g/mol. The molecule has 2 aliphatic rings. The Hall–Kier alpha value is -0.960. The molecule has 2 saturated carbocycles. The SMILES string of the molecule is C=COC12CCC(C1)CC2(OC)OC=C. The molecule has 3 nitrogen and oxygen atoms in total. The molecule has 0 radical (unpaired) electrons. The molecule has 2 fully saturated rings. The fourth-order valence-electron chi connectivity index (χ4n) is 3.16. The Morgan fingerprint density at radius 3 is 2.47 bits per heavy atom. The van der Waals surface area contributed by atoms with Gasteiger partial charge in [0.1, 0.15) is 0 Å². The van der Waals surface area contributed by atoms with Gasteiger partial charge in [-0.25, -0.2) is 0 Å². The van der Waals surface area contributed by atoms with Crippen LogP contribution in [-0.4, -0.2) is 18.5 Å². The Balaban J connectivity index is 2.30. The molecule has 0 saturated heterocycles. The molecule has 0 aromatic heterocycles. The van der Waals surface area contributed by atoms with Crippen LogP contribution in [0.4, 0.5) is 0 Å². The molecule has 3 unspecified atom stereocenters. The standard InChI is InChI=1S/C12H18O3/c1-4-14-11-7-6-10(8-11)9-12(11,13-3)15-5-2/h4-5,10H,1-2,6-9H2,3H3. The van der Waals surface area contributed by atoms with Crippen molar-refractivity contribution >= 4 is 0 Å². The van der Waals surface area contributed by atoms with Gasteiger partial charge in [0, 0.05) is 13.5 Å². The van der Waals surface area contributed by atoms with Crippen LogP contribution in [0.5, 0.6) is 0 Å². The second-order valence-electron chi connectivity index (χ2n) is 4.33. The first-order valence-electron chi connectivity index (χ1n) is 5.34. The van der Waals surface area contributed by atoms with Gasteiger partial charge in [-0.2, -0.15) is 0 Å². The number of fused-ring (bicyclic) bond motifs is 2. The van der Waals surface area contributed by atoms with Gasteiger partial charge in [-0.05, 0) is 25.2 Å². The molecule has 3 atom stereocenters. The van der Waals surface area contributed by atoms with Crippen molar-refractivity contribution in [2.24, 2.45) is 5.92 Å². The maximum atomic E-state index is 5.71. The number of rotatable bonds is 5. The van der Waals surface area contributed by atoms with Gasteiger partial charge in [0.2, 0.25) is 5.79 Å². The van der Waals surface area contributed by atoms with E-state index in [-0.39, 0.29) is 5.60 Å². The Bertz CT molecular complexity index is 266. The molecule has 0 N–H and O–H groups in total. The van der Waals surface area contributed by atoms with Crippen molar-refractivity contribution in [1.82, 2.24) is 0 Å². The molecule has 84 valence electrons. The molecular formula is C12H18O3. The molecule has 2 bridgehead atoms. The van der Waals surface area contributed by atoms with Crippen molar-refractivity contribution in [3.05, 3.63) is 25.7 Å². The maximum absolute atomic E-state index is 5.71. The molecule has 0 aromatic rings. The summed E-state index contributed by atoms with van der Waals surface area (Å²) in [5.41, 5.74) is -0.359. The zero-order valence-electron chi connectivity index (χ0n) is 9.20. The fraction of sp³-hybridized carbons (Fsp3) is 0.667. The summed E-state index contributed by atoms with van der Waals surface area (Å²) in [5.74, 6) is -0.0314. The van der Waals surface area contributed by atoms with Crippen LogP contribution in [0.2, 0.25) is 0 Å². The Morgan fingerprint density at radius 1 is 1.20 bits per heavy atom. The lowest BCUT2D eigenvalue weighted by atomic mass is 9.89. The minimum absolute atomic E-state index is 0.359. The lowest BCUT2D eigenvalue weighted by Crippen LogP contribution is -2.53. The average Bonchev–Trinajstić information content (AvgIpc) is 2.74. The van der Waals surface area contributed by atoms with Crippen molar-refractivity contribution in [2.45, 2.75) is 37.1 Å². The predicted molar refractivity (Wildman–Crippen MR) is 57.0 cm³/mol. The first kappa shape index (κ1) is 10.6. The van der Waals surface area contributed by atoms with Gasteiger partial charge in [-0.15, -0.1) is 0 Å². The smallest absolute Gasteiger partial charge is 0.249 e. The monoisotopic (exact) mass is 210 g/mol. The topological polar surface area (TPSA) is 27.7 Å². The van der Waals surface area contributed by atoms with Crippen LogP contribution in [0.1, 0.15) is 25.7 Å². The molecule has 0 aliphatic heterocycles. The van der Waals surface area contributed by atoms with Crippen molar-refractivity contribution in [3.63, 3.8) is 0 Å². The van der Waals surface area contributed by atoms with E-state index in [4.69, 9.17) is 14.2 Å². The fourth-order valence-corrected chi connectivity index (χ4v) is 3.16. The van der Waals surface area contributed by atoms with E-state index in [1.165, 1.54) is 18.9 Å². The first-order valence-corrected chi connectivity index (χ1v) is 5.34. The van der Waals surface area contributed by atoms with E-state index in [0.717, 1.165) is 19.3 Å². The van der Waals surface area contributed by atoms with E-state index in [9.17, 15) is 0 Å². The highest BCUT2D eigenvalue weighted by Crippen LogP contribution is 2.57. The van der Waals surface area contributed by atoms with Gasteiger partial charge < -0.3 is 14.2 Å². The number of hydrogen-bond donors (Lipinski definition) is 0. The third kappa shape index (κ3) is 1.29. The van der Waals surface area contributed by atoms with Crippen LogP contribution in [0.15, 0.2) is 25.7 Å². The van der Waals surface area contributed by atoms with Gasteiger partial charge >= 0.3 is 0 Å². The van der Waals surface area contributed by atoms with Crippen LogP contribution >= 0.6 is 0 Å². The number of hydrogen-bond acceptors (Lipinski definition) is 3.